The van der Waals surface area contributed by atoms with Crippen molar-refractivity contribution in [2.45, 2.75) is 70.1 Å². The van der Waals surface area contributed by atoms with E-state index < -0.39 is 23.4 Å². The molecule has 0 aromatic carbocycles. The molecule has 2 aromatic rings. The second-order valence-corrected chi connectivity index (χ2v) is 11.2. The van der Waals surface area contributed by atoms with Crippen LogP contribution < -0.4 is 15.5 Å². The summed E-state index contributed by atoms with van der Waals surface area (Å²) in [6.07, 6.45) is 1.33. The highest BCUT2D eigenvalue weighted by atomic mass is 32.2. The first-order valence-corrected chi connectivity index (χ1v) is 12.2. The van der Waals surface area contributed by atoms with Gasteiger partial charge in [0.05, 0.1) is 23.7 Å². The molecule has 188 valence electrons. The van der Waals surface area contributed by atoms with E-state index in [0.717, 1.165) is 11.3 Å². The van der Waals surface area contributed by atoms with Gasteiger partial charge in [-0.25, -0.2) is 14.6 Å². The first-order valence-electron chi connectivity index (χ1n) is 11.2. The van der Waals surface area contributed by atoms with Crippen LogP contribution in [0.15, 0.2) is 17.2 Å². The van der Waals surface area contributed by atoms with Crippen LogP contribution in [0.1, 0.15) is 48.0 Å². The zero-order chi connectivity index (χ0) is 25.1. The highest BCUT2D eigenvalue weighted by Crippen LogP contribution is 2.29. The number of aliphatic hydroxyl groups is 1. The monoisotopic (exact) mass is 494 g/mol. The lowest BCUT2D eigenvalue weighted by molar-refractivity contribution is 0.0508. The fourth-order valence-corrected chi connectivity index (χ4v) is 4.10. The number of alkyl carbamates (subject to hydrolysis) is 1. The van der Waals surface area contributed by atoms with Crippen LogP contribution in [0.2, 0.25) is 0 Å². The Morgan fingerprint density at radius 3 is 2.50 bits per heavy atom. The maximum absolute atomic E-state index is 12.5. The van der Waals surface area contributed by atoms with Gasteiger partial charge in [-0.3, -0.25) is 5.32 Å². The highest BCUT2D eigenvalue weighted by molar-refractivity contribution is 7.99. The van der Waals surface area contributed by atoms with E-state index in [9.17, 15) is 14.7 Å². The maximum atomic E-state index is 12.5. The van der Waals surface area contributed by atoms with Crippen molar-refractivity contribution in [1.29, 1.82) is 0 Å². The molecule has 3 heterocycles. The van der Waals surface area contributed by atoms with Gasteiger partial charge in [0.25, 0.3) is 0 Å². The van der Waals surface area contributed by atoms with Gasteiger partial charge >= 0.3 is 12.2 Å². The second kappa shape index (κ2) is 10.3. The van der Waals surface area contributed by atoms with Gasteiger partial charge in [-0.1, -0.05) is 0 Å². The van der Waals surface area contributed by atoms with Gasteiger partial charge in [0.2, 0.25) is 0 Å². The van der Waals surface area contributed by atoms with Crippen LogP contribution in [0, 0.1) is 0 Å². The highest BCUT2D eigenvalue weighted by Gasteiger charge is 2.28. The molecule has 3 rings (SSSR count). The lowest BCUT2D eigenvalue weighted by Gasteiger charge is -2.23. The molecule has 0 unspecified atom stereocenters. The van der Waals surface area contributed by atoms with Crippen molar-refractivity contribution in [1.82, 2.24) is 19.9 Å². The van der Waals surface area contributed by atoms with Gasteiger partial charge in [0.1, 0.15) is 22.8 Å². The number of rotatable bonds is 6. The fraction of sp³-hybridized carbons (Fsp3) is 0.636. The minimum absolute atomic E-state index is 0.0227. The molecule has 0 saturated carbocycles. The van der Waals surface area contributed by atoms with Crippen molar-refractivity contribution in [2.75, 3.05) is 35.7 Å². The Kier molecular flexibility index (Phi) is 7.81. The summed E-state index contributed by atoms with van der Waals surface area (Å²) in [7, 11) is 0. The molecule has 0 radical (unpaired) electrons. The largest absolute Gasteiger partial charge is 0.444 e. The normalized spacial score (nSPS) is 16.6. The van der Waals surface area contributed by atoms with E-state index in [1.54, 1.807) is 37.5 Å². The Balaban J connectivity index is 1.84. The Morgan fingerprint density at radius 2 is 1.85 bits per heavy atom. The van der Waals surface area contributed by atoms with Crippen molar-refractivity contribution in [3.63, 3.8) is 0 Å². The van der Waals surface area contributed by atoms with Crippen LogP contribution in [0.25, 0.3) is 5.65 Å². The number of ether oxygens (including phenoxy) is 2. The molecule has 2 aromatic heterocycles. The molecule has 0 aliphatic carbocycles. The van der Waals surface area contributed by atoms with E-state index in [2.05, 4.69) is 15.7 Å². The summed E-state index contributed by atoms with van der Waals surface area (Å²) >= 11 is 1.43. The third-order valence-corrected chi connectivity index (χ3v) is 5.62. The molecule has 1 fully saturated rings. The van der Waals surface area contributed by atoms with Gasteiger partial charge < -0.3 is 24.8 Å². The number of carbonyl (C=O) groups is 2. The Hall–Kier alpha value is -2.73. The molecular formula is C22H34N6O5S. The topological polar surface area (TPSA) is 130 Å². The minimum atomic E-state index is -0.652. The lowest BCUT2D eigenvalue weighted by Crippen LogP contribution is -2.40. The molecular weight excluding hydrogens is 460 g/mol. The summed E-state index contributed by atoms with van der Waals surface area (Å²) < 4.78 is 12.3. The number of fused-ring (bicyclic) bond motifs is 1. The molecule has 2 amide bonds. The summed E-state index contributed by atoms with van der Waals surface area (Å²) in [5.74, 6) is 1.54. The summed E-state index contributed by atoms with van der Waals surface area (Å²) in [4.78, 5) is 32.2. The van der Waals surface area contributed by atoms with Crippen molar-refractivity contribution in [3.05, 3.63) is 12.3 Å². The number of hydrogen-bond donors (Lipinski definition) is 3. The Bertz CT molecular complexity index is 1030. The van der Waals surface area contributed by atoms with Crippen LogP contribution in [0.3, 0.4) is 0 Å². The van der Waals surface area contributed by atoms with Crippen LogP contribution in [-0.2, 0) is 9.47 Å². The Morgan fingerprint density at radius 1 is 1.18 bits per heavy atom. The zero-order valence-corrected chi connectivity index (χ0v) is 21.4. The average Bonchev–Trinajstić information content (AvgIpc) is 3.30. The number of carbonyl (C=O) groups excluding carboxylic acids is 2. The molecule has 0 spiro atoms. The maximum Gasteiger partial charge on any atom is 0.413 e. The summed E-state index contributed by atoms with van der Waals surface area (Å²) in [6.45, 7) is 12.1. The van der Waals surface area contributed by atoms with Crippen LogP contribution >= 0.6 is 11.8 Å². The summed E-state index contributed by atoms with van der Waals surface area (Å²) in [5, 5.41) is 19.3. The molecule has 1 aliphatic rings. The summed E-state index contributed by atoms with van der Waals surface area (Å²) in [6, 6.07) is 1.64. The van der Waals surface area contributed by atoms with Crippen molar-refractivity contribution < 1.29 is 24.2 Å². The number of nitrogens with one attached hydrogen (secondary N) is 2. The Labute approximate surface area is 203 Å². The SMILES string of the molecule is CC(C)(C)OC(=O)Nc1cc(N2CC[C@H](NC(=O)OC(C)(C)C)C2)nc2c(SCCO)cnn12. The van der Waals surface area contributed by atoms with E-state index >= 15 is 0 Å². The second-order valence-electron chi connectivity index (χ2n) is 10.0. The average molecular weight is 495 g/mol. The third-order valence-electron chi connectivity index (χ3n) is 4.64. The molecule has 12 heteroatoms. The number of amides is 2. The van der Waals surface area contributed by atoms with Gasteiger partial charge in [-0.15, -0.1) is 11.8 Å². The molecule has 1 atom stereocenters. The van der Waals surface area contributed by atoms with E-state index in [1.165, 1.54) is 11.8 Å². The number of aromatic nitrogens is 3. The first-order chi connectivity index (χ1) is 15.8. The number of nitrogens with zero attached hydrogens (tertiary/aromatic N) is 4. The van der Waals surface area contributed by atoms with E-state index in [4.69, 9.17) is 14.5 Å². The number of thioether (sulfide) groups is 1. The van der Waals surface area contributed by atoms with Crippen LogP contribution in [0.5, 0.6) is 0 Å². The number of anilines is 2. The van der Waals surface area contributed by atoms with Gasteiger partial charge in [0.15, 0.2) is 5.65 Å². The zero-order valence-electron chi connectivity index (χ0n) is 20.5. The molecule has 34 heavy (non-hydrogen) atoms. The van der Waals surface area contributed by atoms with E-state index in [-0.39, 0.29) is 12.6 Å². The fourth-order valence-electron chi connectivity index (χ4n) is 3.41. The van der Waals surface area contributed by atoms with Gasteiger partial charge in [-0.2, -0.15) is 9.61 Å². The molecule has 11 nitrogen and oxygen atoms in total. The van der Waals surface area contributed by atoms with Gasteiger partial charge in [-0.05, 0) is 48.0 Å². The van der Waals surface area contributed by atoms with Gasteiger partial charge in [0, 0.05) is 24.9 Å². The predicted octanol–water partition coefficient (Wildman–Crippen LogP) is 3.26. The predicted molar refractivity (Wildman–Crippen MR) is 131 cm³/mol. The van der Waals surface area contributed by atoms with Crippen LogP contribution in [0.4, 0.5) is 21.2 Å². The molecule has 3 N–H and O–H groups in total. The number of hydrogen-bond acceptors (Lipinski definition) is 9. The first kappa shape index (κ1) is 25.9. The minimum Gasteiger partial charge on any atom is -0.444 e. The third kappa shape index (κ3) is 7.13. The quantitative estimate of drug-likeness (QED) is 0.518. The molecule has 1 saturated heterocycles. The number of aliphatic hydroxyl groups excluding tert-OH is 1. The standard InChI is InChI=1S/C22H34N6O5S/c1-21(2,3)32-19(30)24-14-7-8-27(13-14)16-11-17(26-20(31)33-22(4,5)6)28-18(25-16)15(12-23-28)34-10-9-29/h11-12,14,29H,7-10,13H2,1-6H3,(H,24,30)(H,26,31)/t14-/m0/s1. The molecule has 1 aliphatic heterocycles. The van der Waals surface area contributed by atoms with Crippen molar-refractivity contribution >= 4 is 41.2 Å². The van der Waals surface area contributed by atoms with Crippen molar-refractivity contribution in [2.24, 2.45) is 0 Å². The van der Waals surface area contributed by atoms with E-state index in [1.807, 2.05) is 25.7 Å². The summed E-state index contributed by atoms with van der Waals surface area (Å²) in [5.41, 5.74) is -0.659. The molecule has 0 bridgehead atoms. The van der Waals surface area contributed by atoms with Crippen LogP contribution in [-0.4, -0.2) is 74.6 Å². The smallest absolute Gasteiger partial charge is 0.413 e. The van der Waals surface area contributed by atoms with E-state index in [0.29, 0.717) is 36.1 Å². The van der Waals surface area contributed by atoms with Crippen molar-refractivity contribution in [3.8, 4) is 0 Å². The lowest BCUT2D eigenvalue weighted by atomic mass is 10.2.